The molecule has 0 aliphatic carbocycles. The number of carboxylic acid groups (broad SMARTS) is 1. The SMILES string of the molecule is CN1CC2C3CCN(CC3)C2C1C(=O)O. The zero-order valence-corrected chi connectivity index (χ0v) is 9.09. The van der Waals surface area contributed by atoms with Crippen LogP contribution in [-0.4, -0.2) is 59.6 Å². The molecule has 3 atom stereocenters. The van der Waals surface area contributed by atoms with Crippen LogP contribution in [0.5, 0.6) is 0 Å². The molecule has 3 unspecified atom stereocenters. The Balaban J connectivity index is 1.91. The molecule has 4 heterocycles. The summed E-state index contributed by atoms with van der Waals surface area (Å²) < 4.78 is 0. The van der Waals surface area contributed by atoms with Crippen molar-refractivity contribution in [3.05, 3.63) is 0 Å². The molecule has 0 spiro atoms. The Bertz CT molecular complexity index is 286. The summed E-state index contributed by atoms with van der Waals surface area (Å²) in [5.74, 6) is 0.753. The van der Waals surface area contributed by atoms with E-state index in [1.165, 1.54) is 12.8 Å². The van der Waals surface area contributed by atoms with Gasteiger partial charge in [-0.05, 0) is 44.8 Å². The van der Waals surface area contributed by atoms with E-state index in [-0.39, 0.29) is 6.04 Å². The predicted molar refractivity (Wildman–Crippen MR) is 55.6 cm³/mol. The summed E-state index contributed by atoms with van der Waals surface area (Å²) in [5.41, 5.74) is 0. The van der Waals surface area contributed by atoms with Crippen molar-refractivity contribution in [2.75, 3.05) is 26.7 Å². The second-order valence-corrected chi connectivity index (χ2v) is 5.25. The number of carboxylic acids is 1. The number of likely N-dealkylation sites (N-methyl/N-ethyl adjacent to an activating group) is 1. The molecule has 15 heavy (non-hydrogen) atoms. The van der Waals surface area contributed by atoms with E-state index in [1.54, 1.807) is 0 Å². The molecule has 2 bridgehead atoms. The summed E-state index contributed by atoms with van der Waals surface area (Å²) in [7, 11) is 1.96. The van der Waals surface area contributed by atoms with Crippen molar-refractivity contribution in [2.24, 2.45) is 11.8 Å². The van der Waals surface area contributed by atoms with Gasteiger partial charge >= 0.3 is 5.97 Å². The summed E-state index contributed by atoms with van der Waals surface area (Å²) in [5, 5.41) is 9.28. The molecule has 0 aromatic rings. The monoisotopic (exact) mass is 210 g/mol. The van der Waals surface area contributed by atoms with Gasteiger partial charge in [-0.1, -0.05) is 0 Å². The molecule has 4 saturated heterocycles. The smallest absolute Gasteiger partial charge is 0.322 e. The first kappa shape index (κ1) is 9.60. The third-order valence-corrected chi connectivity index (χ3v) is 4.59. The van der Waals surface area contributed by atoms with Crippen molar-refractivity contribution in [3.8, 4) is 0 Å². The molecular weight excluding hydrogens is 192 g/mol. The van der Waals surface area contributed by atoms with Crippen molar-refractivity contribution in [1.29, 1.82) is 0 Å². The Morgan fingerprint density at radius 2 is 2.00 bits per heavy atom. The fraction of sp³-hybridized carbons (Fsp3) is 0.909. The second-order valence-electron chi connectivity index (χ2n) is 5.25. The lowest BCUT2D eigenvalue weighted by molar-refractivity contribution is -0.144. The summed E-state index contributed by atoms with van der Waals surface area (Å²) >= 11 is 0. The molecule has 0 radical (unpaired) electrons. The van der Waals surface area contributed by atoms with E-state index in [0.717, 1.165) is 25.6 Å². The van der Waals surface area contributed by atoms with Crippen molar-refractivity contribution < 1.29 is 9.90 Å². The molecule has 0 aromatic carbocycles. The zero-order chi connectivity index (χ0) is 10.6. The number of carbonyl (C=O) groups is 1. The quantitative estimate of drug-likeness (QED) is 0.666. The largest absolute Gasteiger partial charge is 0.480 e. The first-order valence-electron chi connectivity index (χ1n) is 5.85. The van der Waals surface area contributed by atoms with Crippen LogP contribution in [0.4, 0.5) is 0 Å². The van der Waals surface area contributed by atoms with Gasteiger partial charge in [-0.2, -0.15) is 0 Å². The van der Waals surface area contributed by atoms with Crippen LogP contribution >= 0.6 is 0 Å². The van der Waals surface area contributed by atoms with Gasteiger partial charge in [0, 0.05) is 12.6 Å². The molecule has 4 heteroatoms. The van der Waals surface area contributed by atoms with Crippen LogP contribution in [0.1, 0.15) is 12.8 Å². The Morgan fingerprint density at radius 3 is 2.60 bits per heavy atom. The highest BCUT2D eigenvalue weighted by molar-refractivity contribution is 5.75. The van der Waals surface area contributed by atoms with Gasteiger partial charge in [0.25, 0.3) is 0 Å². The molecule has 84 valence electrons. The summed E-state index contributed by atoms with van der Waals surface area (Å²) in [6.45, 7) is 3.20. The summed E-state index contributed by atoms with van der Waals surface area (Å²) in [6.07, 6.45) is 2.56. The van der Waals surface area contributed by atoms with Crippen molar-refractivity contribution in [3.63, 3.8) is 0 Å². The molecular formula is C11H18N2O2. The third kappa shape index (κ3) is 1.24. The van der Waals surface area contributed by atoms with E-state index >= 15 is 0 Å². The van der Waals surface area contributed by atoms with E-state index in [1.807, 2.05) is 11.9 Å². The van der Waals surface area contributed by atoms with Gasteiger partial charge < -0.3 is 5.11 Å². The standard InChI is InChI=1S/C11H18N2O2/c1-12-6-8-7-2-4-13(5-3-7)9(8)10(12)11(14)15/h7-10H,2-6H2,1H3,(H,14,15). The van der Waals surface area contributed by atoms with Crippen LogP contribution in [0.25, 0.3) is 0 Å². The van der Waals surface area contributed by atoms with Gasteiger partial charge in [-0.15, -0.1) is 0 Å². The Hall–Kier alpha value is -0.610. The van der Waals surface area contributed by atoms with Gasteiger partial charge in [-0.25, -0.2) is 0 Å². The van der Waals surface area contributed by atoms with Gasteiger partial charge in [0.2, 0.25) is 0 Å². The molecule has 4 aliphatic heterocycles. The number of aliphatic carboxylic acids is 1. The van der Waals surface area contributed by atoms with E-state index < -0.39 is 5.97 Å². The lowest BCUT2D eigenvalue weighted by Gasteiger charge is -2.48. The number of fused-ring (bicyclic) bond motifs is 2. The van der Waals surface area contributed by atoms with Crippen LogP contribution in [0.15, 0.2) is 0 Å². The highest BCUT2D eigenvalue weighted by Crippen LogP contribution is 2.43. The van der Waals surface area contributed by atoms with Crippen molar-refractivity contribution >= 4 is 5.97 Å². The van der Waals surface area contributed by atoms with Gasteiger partial charge in [0.15, 0.2) is 0 Å². The molecule has 0 saturated carbocycles. The minimum atomic E-state index is -0.641. The fourth-order valence-corrected chi connectivity index (χ4v) is 3.93. The normalized spacial score (nSPS) is 49.3. The summed E-state index contributed by atoms with van der Waals surface area (Å²) in [4.78, 5) is 15.7. The van der Waals surface area contributed by atoms with Gasteiger partial charge in [0.1, 0.15) is 6.04 Å². The lowest BCUT2D eigenvalue weighted by atomic mass is 9.74. The van der Waals surface area contributed by atoms with E-state index in [9.17, 15) is 9.90 Å². The number of likely N-dealkylation sites (tertiary alicyclic amines) is 1. The average Bonchev–Trinajstić information content (AvgIpc) is 2.58. The maximum absolute atomic E-state index is 11.3. The fourth-order valence-electron chi connectivity index (χ4n) is 3.93. The van der Waals surface area contributed by atoms with E-state index in [4.69, 9.17) is 0 Å². The topological polar surface area (TPSA) is 43.8 Å². The second kappa shape index (κ2) is 3.19. The van der Waals surface area contributed by atoms with Crippen LogP contribution in [-0.2, 0) is 4.79 Å². The van der Waals surface area contributed by atoms with Crippen LogP contribution in [0.3, 0.4) is 0 Å². The maximum Gasteiger partial charge on any atom is 0.322 e. The van der Waals surface area contributed by atoms with Crippen molar-refractivity contribution in [2.45, 2.75) is 24.9 Å². The highest BCUT2D eigenvalue weighted by atomic mass is 16.4. The molecule has 4 fully saturated rings. The molecule has 4 rings (SSSR count). The number of rotatable bonds is 1. The molecule has 4 aliphatic rings. The van der Waals surface area contributed by atoms with Crippen LogP contribution in [0.2, 0.25) is 0 Å². The summed E-state index contributed by atoms with van der Waals surface area (Å²) in [6, 6.07) is 0.0260. The first-order chi connectivity index (χ1) is 7.18. The predicted octanol–water partition coefficient (Wildman–Crippen LogP) is 0.0954. The van der Waals surface area contributed by atoms with E-state index in [2.05, 4.69) is 4.90 Å². The minimum Gasteiger partial charge on any atom is -0.480 e. The number of hydrogen-bond donors (Lipinski definition) is 1. The Morgan fingerprint density at radius 1 is 1.33 bits per heavy atom. The number of nitrogens with zero attached hydrogens (tertiary/aromatic N) is 2. The van der Waals surface area contributed by atoms with Crippen LogP contribution in [0, 0.1) is 11.8 Å². The van der Waals surface area contributed by atoms with Crippen LogP contribution < -0.4 is 0 Å². The Kier molecular flexibility index (Phi) is 2.04. The van der Waals surface area contributed by atoms with Gasteiger partial charge in [0.05, 0.1) is 0 Å². The van der Waals surface area contributed by atoms with Crippen molar-refractivity contribution in [1.82, 2.24) is 9.80 Å². The van der Waals surface area contributed by atoms with Gasteiger partial charge in [-0.3, -0.25) is 14.6 Å². The highest BCUT2D eigenvalue weighted by Gasteiger charge is 2.53. The average molecular weight is 210 g/mol. The number of piperidine rings is 3. The Labute approximate surface area is 89.8 Å². The zero-order valence-electron chi connectivity index (χ0n) is 9.09. The number of hydrogen-bond acceptors (Lipinski definition) is 3. The van der Waals surface area contributed by atoms with E-state index in [0.29, 0.717) is 12.0 Å². The maximum atomic E-state index is 11.3. The molecule has 4 nitrogen and oxygen atoms in total. The minimum absolute atomic E-state index is 0.266. The molecule has 0 amide bonds. The molecule has 0 aromatic heterocycles. The first-order valence-corrected chi connectivity index (χ1v) is 5.85. The third-order valence-electron chi connectivity index (χ3n) is 4.59. The molecule has 1 N–H and O–H groups in total. The lowest BCUT2D eigenvalue weighted by Crippen LogP contribution is -2.58.